The minimum Gasteiger partial charge on any atom is -0.463 e. The normalized spacial score (nSPS) is 16.3. The Labute approximate surface area is 369 Å². The van der Waals surface area contributed by atoms with Gasteiger partial charge in [-0.1, -0.05) is 103 Å². The van der Waals surface area contributed by atoms with Gasteiger partial charge in [-0.15, -0.1) is 0 Å². The van der Waals surface area contributed by atoms with Crippen molar-refractivity contribution in [1.29, 1.82) is 0 Å². The molecule has 16 heteroatoms. The molecule has 0 aliphatic heterocycles. The van der Waals surface area contributed by atoms with Crippen LogP contribution in [0.2, 0.25) is 0 Å². The van der Waals surface area contributed by atoms with Gasteiger partial charge in [0.2, 0.25) is 23.6 Å². The van der Waals surface area contributed by atoms with E-state index in [-0.39, 0.29) is 36.9 Å². The summed E-state index contributed by atoms with van der Waals surface area (Å²) in [5, 5.41) is 5.84. The van der Waals surface area contributed by atoms with Crippen LogP contribution in [0.4, 0.5) is 0 Å². The van der Waals surface area contributed by atoms with E-state index in [0.29, 0.717) is 11.1 Å². The summed E-state index contributed by atoms with van der Waals surface area (Å²) in [6.07, 6.45) is 3.43. The number of nitrogens with one attached hydrogen (secondary N) is 2. The number of carbonyl (C=O) groups is 6. The van der Waals surface area contributed by atoms with Crippen molar-refractivity contribution in [2.24, 2.45) is 34.1 Å². The minimum atomic E-state index is -1.08. The molecule has 0 saturated heterocycles. The van der Waals surface area contributed by atoms with Crippen LogP contribution in [0.5, 0.6) is 0 Å². The number of hydrogen-bond donors (Lipinski definition) is 4. The Kier molecular flexibility index (Phi) is 22.2. The van der Waals surface area contributed by atoms with E-state index in [1.54, 1.807) is 63.7 Å². The van der Waals surface area contributed by atoms with E-state index in [1.165, 1.54) is 21.6 Å². The summed E-state index contributed by atoms with van der Waals surface area (Å²) in [4.78, 5) is 83.8. The van der Waals surface area contributed by atoms with Gasteiger partial charge in [0.1, 0.15) is 12.1 Å². The van der Waals surface area contributed by atoms with Crippen LogP contribution in [0, 0.1) is 22.7 Å². The molecule has 346 valence electrons. The molecule has 0 aliphatic carbocycles. The number of likely N-dealkylation sites (N-methyl/N-ethyl adjacent to an activating group) is 2. The predicted molar refractivity (Wildman–Crippen MR) is 246 cm³/mol. The number of hydrogen-bond acceptors (Lipinski definition) is 12. The lowest BCUT2D eigenvalue weighted by Gasteiger charge is -2.40. The maximum atomic E-state index is 14.1. The van der Waals surface area contributed by atoms with Crippen molar-refractivity contribution in [3.63, 3.8) is 0 Å². The molecule has 14 nitrogen and oxygen atoms in total. The Morgan fingerprint density at radius 3 is 1.07 bits per heavy atom. The number of carbonyl (C=O) groups excluding carboxylic acids is 6. The van der Waals surface area contributed by atoms with Gasteiger partial charge in [0.05, 0.1) is 37.4 Å². The van der Waals surface area contributed by atoms with Gasteiger partial charge >= 0.3 is 11.9 Å². The molecule has 4 amide bonds. The number of nitrogens with zero attached hydrogens (tertiary/aromatic N) is 2. The number of nitrogens with two attached hydrogens (primary N) is 2. The summed E-state index contributed by atoms with van der Waals surface area (Å²) >= 11 is 0. The first-order chi connectivity index (χ1) is 27.1. The van der Waals surface area contributed by atoms with Crippen molar-refractivity contribution in [2.45, 2.75) is 170 Å². The van der Waals surface area contributed by atoms with Crippen LogP contribution in [-0.4, -0.2) is 118 Å². The molecule has 0 aromatic rings. The summed E-state index contributed by atoms with van der Waals surface area (Å²) in [6.45, 7) is 33.3. The van der Waals surface area contributed by atoms with E-state index in [1.807, 2.05) is 96.9 Å². The summed E-state index contributed by atoms with van der Waals surface area (Å²) in [5.74, 6) is -2.77. The van der Waals surface area contributed by atoms with Gasteiger partial charge in [-0.3, -0.25) is 19.2 Å². The fourth-order valence-electron chi connectivity index (χ4n) is 6.05. The summed E-state index contributed by atoms with van der Waals surface area (Å²) in [6, 6.07) is -4.98. The van der Waals surface area contributed by atoms with E-state index in [2.05, 4.69) is 10.6 Å². The maximum Gasteiger partial charge on any atom is 0.333 e. The molecule has 0 saturated carbocycles. The van der Waals surface area contributed by atoms with Crippen molar-refractivity contribution in [1.82, 2.24) is 20.4 Å². The van der Waals surface area contributed by atoms with Crippen LogP contribution >= 0.6 is 21.6 Å². The summed E-state index contributed by atoms with van der Waals surface area (Å²) in [7, 11) is 5.90. The van der Waals surface area contributed by atoms with Crippen LogP contribution in [0.25, 0.3) is 0 Å². The number of amides is 4. The Morgan fingerprint density at radius 2 is 0.850 bits per heavy atom. The second-order valence-electron chi connectivity index (χ2n) is 19.5. The Morgan fingerprint density at radius 1 is 0.583 bits per heavy atom. The SMILES string of the molecule is CCOC(=O)C(C)=C[C@H](C(C)C)N(C)C(=O)[C@@H](NC(=O)C(N)C(C)(C)SSC(C)(C)[C@H](N)C(=O)N[C@H](C(=O)N(C)[C@H](C=C(C)C(=O)OCC)C(C)C)C(C)(C)C)C(C)(C)C. The molecule has 0 radical (unpaired) electrons. The van der Waals surface area contributed by atoms with Crippen LogP contribution in [0.3, 0.4) is 0 Å². The second-order valence-corrected chi connectivity index (χ2v) is 22.9. The Bertz CT molecular complexity index is 1450. The predicted octanol–water partition coefficient (Wildman–Crippen LogP) is 5.63. The molecule has 0 aliphatic rings. The van der Waals surface area contributed by atoms with Gasteiger partial charge in [0, 0.05) is 34.7 Å². The Balaban J connectivity index is 6.20. The van der Waals surface area contributed by atoms with E-state index in [0.717, 1.165) is 0 Å². The van der Waals surface area contributed by atoms with Crippen LogP contribution < -0.4 is 22.1 Å². The van der Waals surface area contributed by atoms with Gasteiger partial charge in [-0.2, -0.15) is 0 Å². The van der Waals surface area contributed by atoms with Gasteiger partial charge in [-0.05, 0) is 78.1 Å². The third-order valence-electron chi connectivity index (χ3n) is 10.3. The maximum absolute atomic E-state index is 14.1. The molecule has 0 fully saturated rings. The van der Waals surface area contributed by atoms with Gasteiger partial charge in [-0.25, -0.2) is 9.59 Å². The van der Waals surface area contributed by atoms with Crippen LogP contribution in [0.1, 0.15) is 125 Å². The molecular weight excluding hydrogens is 805 g/mol. The summed E-state index contributed by atoms with van der Waals surface area (Å²) in [5.41, 5.74) is 12.6. The van der Waals surface area contributed by atoms with Crippen molar-refractivity contribution in [3.05, 3.63) is 23.3 Å². The van der Waals surface area contributed by atoms with Crippen molar-refractivity contribution < 1.29 is 38.2 Å². The molecular formula is C44H80N6O8S2. The molecule has 0 spiro atoms. The molecule has 0 aromatic heterocycles. The van der Waals surface area contributed by atoms with Crippen LogP contribution in [0.15, 0.2) is 23.3 Å². The summed E-state index contributed by atoms with van der Waals surface area (Å²) < 4.78 is 8.46. The zero-order valence-electron chi connectivity index (χ0n) is 40.3. The zero-order chi connectivity index (χ0) is 47.5. The number of esters is 2. The quantitative estimate of drug-likeness (QED) is 0.0630. The lowest BCUT2D eigenvalue weighted by atomic mass is 9.84. The third kappa shape index (κ3) is 16.7. The largest absolute Gasteiger partial charge is 0.463 e. The molecule has 60 heavy (non-hydrogen) atoms. The molecule has 0 aromatic carbocycles. The lowest BCUT2D eigenvalue weighted by molar-refractivity contribution is -0.141. The fourth-order valence-corrected chi connectivity index (χ4v) is 8.82. The number of rotatable bonds is 21. The minimum absolute atomic E-state index is 0.0553. The standard InChI is InChI=1S/C44H80N6O8S2/c1-21-57-39(55)27(7)23-29(25(3)4)49(19)37(53)33(41(9,10)11)47-35(51)31(45)43(15,16)59-60-44(17,18)32(46)36(52)48-34(42(12,13)14)38(54)50(20)30(26(5)6)24-28(8)40(56)58-22-2/h23-26,29-34H,21-22,45-46H2,1-20H3,(H,47,51)(H,48,52)/t29-,30-,31-,32?,33-,34-/m1/s1. The average Bonchev–Trinajstić information content (AvgIpc) is 3.13. The second kappa shape index (κ2) is 23.4. The van der Waals surface area contributed by atoms with E-state index in [9.17, 15) is 28.8 Å². The number of ether oxygens (including phenoxy) is 2. The van der Waals surface area contributed by atoms with Crippen molar-refractivity contribution in [3.8, 4) is 0 Å². The highest BCUT2D eigenvalue weighted by Gasteiger charge is 2.44. The van der Waals surface area contributed by atoms with Crippen LogP contribution in [-0.2, 0) is 38.2 Å². The topological polar surface area (TPSA) is 203 Å². The van der Waals surface area contributed by atoms with Gasteiger partial charge < -0.3 is 41.4 Å². The first kappa shape index (κ1) is 56.9. The zero-order valence-corrected chi connectivity index (χ0v) is 42.0. The first-order valence-electron chi connectivity index (χ1n) is 20.8. The third-order valence-corrected chi connectivity index (χ3v) is 14.6. The molecule has 6 atom stereocenters. The van der Waals surface area contributed by atoms with E-state index in [4.69, 9.17) is 20.9 Å². The highest BCUT2D eigenvalue weighted by Crippen LogP contribution is 2.46. The van der Waals surface area contributed by atoms with Gasteiger partial charge in [0.25, 0.3) is 0 Å². The molecule has 0 rings (SSSR count). The monoisotopic (exact) mass is 885 g/mol. The van der Waals surface area contributed by atoms with Crippen molar-refractivity contribution >= 4 is 57.2 Å². The molecule has 0 heterocycles. The average molecular weight is 885 g/mol. The first-order valence-corrected chi connectivity index (χ1v) is 23.0. The molecule has 6 N–H and O–H groups in total. The lowest BCUT2D eigenvalue weighted by Crippen LogP contribution is -2.61. The Hall–Kier alpha value is -3.08. The molecule has 1 unspecified atom stereocenters. The highest BCUT2D eigenvalue weighted by atomic mass is 33.1. The highest BCUT2D eigenvalue weighted by molar-refractivity contribution is 8.77. The fraction of sp³-hybridized carbons (Fsp3) is 0.773. The van der Waals surface area contributed by atoms with E-state index < -0.39 is 80.3 Å². The van der Waals surface area contributed by atoms with Gasteiger partial charge in [0.15, 0.2) is 0 Å². The smallest absolute Gasteiger partial charge is 0.333 e. The van der Waals surface area contributed by atoms with Crippen molar-refractivity contribution in [2.75, 3.05) is 27.3 Å². The van der Waals surface area contributed by atoms with E-state index >= 15 is 0 Å². The molecule has 0 bridgehead atoms.